The maximum Gasteiger partial charge on any atom is 0.410 e. The average molecular weight is 321 g/mol. The van der Waals surface area contributed by atoms with Crippen molar-refractivity contribution in [3.05, 3.63) is 24.0 Å². The molecular formula is C16H20FN3O3. The molecule has 1 aliphatic heterocycles. The fourth-order valence-electron chi connectivity index (χ4n) is 2.43. The monoisotopic (exact) mass is 321 g/mol. The number of ether oxygens (including phenoxy) is 1. The number of rotatable bonds is 1. The molecule has 0 spiro atoms. The molecule has 23 heavy (non-hydrogen) atoms. The highest BCUT2D eigenvalue weighted by Gasteiger charge is 2.27. The van der Waals surface area contributed by atoms with Gasteiger partial charge in [-0.25, -0.2) is 9.18 Å². The van der Waals surface area contributed by atoms with Gasteiger partial charge in [0.2, 0.25) is 0 Å². The molecule has 7 heteroatoms. The highest BCUT2D eigenvalue weighted by molar-refractivity contribution is 5.74. The SMILES string of the molecule is CC(C)(C)OC(=O)N1CCN(c2nc3ccc(F)cc3o2)CC1. The van der Waals surface area contributed by atoms with Crippen LogP contribution in [-0.4, -0.2) is 47.8 Å². The molecule has 0 atom stereocenters. The van der Waals surface area contributed by atoms with Gasteiger partial charge in [0.05, 0.1) is 0 Å². The van der Waals surface area contributed by atoms with Crippen LogP contribution in [0, 0.1) is 5.82 Å². The Bertz CT molecular complexity index is 715. The minimum Gasteiger partial charge on any atom is -0.444 e. The lowest BCUT2D eigenvalue weighted by Crippen LogP contribution is -2.50. The molecule has 0 N–H and O–H groups in total. The zero-order valence-electron chi connectivity index (χ0n) is 13.5. The summed E-state index contributed by atoms with van der Waals surface area (Å²) in [6.45, 7) is 7.78. The second kappa shape index (κ2) is 5.72. The van der Waals surface area contributed by atoms with E-state index in [1.807, 2.05) is 25.7 Å². The molecule has 0 unspecified atom stereocenters. The van der Waals surface area contributed by atoms with Crippen molar-refractivity contribution in [3.63, 3.8) is 0 Å². The Hall–Kier alpha value is -2.31. The minimum absolute atomic E-state index is 0.309. The van der Waals surface area contributed by atoms with Crippen molar-refractivity contribution < 1.29 is 18.3 Å². The summed E-state index contributed by atoms with van der Waals surface area (Å²) in [5.41, 5.74) is 0.545. The summed E-state index contributed by atoms with van der Waals surface area (Å²) >= 11 is 0. The van der Waals surface area contributed by atoms with Crippen LogP contribution < -0.4 is 4.90 Å². The smallest absolute Gasteiger partial charge is 0.410 e. The van der Waals surface area contributed by atoms with Crippen molar-refractivity contribution in [1.29, 1.82) is 0 Å². The fraction of sp³-hybridized carbons (Fsp3) is 0.500. The van der Waals surface area contributed by atoms with Gasteiger partial charge in [0, 0.05) is 32.2 Å². The first kappa shape index (κ1) is 15.6. The Balaban J connectivity index is 1.65. The highest BCUT2D eigenvalue weighted by Crippen LogP contribution is 2.23. The van der Waals surface area contributed by atoms with Crippen molar-refractivity contribution in [3.8, 4) is 0 Å². The van der Waals surface area contributed by atoms with E-state index in [9.17, 15) is 9.18 Å². The van der Waals surface area contributed by atoms with Crippen molar-refractivity contribution in [2.45, 2.75) is 26.4 Å². The third-order valence-electron chi connectivity index (χ3n) is 3.54. The van der Waals surface area contributed by atoms with E-state index in [-0.39, 0.29) is 11.9 Å². The number of amides is 1. The van der Waals surface area contributed by atoms with Gasteiger partial charge in [0.1, 0.15) is 16.9 Å². The van der Waals surface area contributed by atoms with E-state index >= 15 is 0 Å². The van der Waals surface area contributed by atoms with Crippen molar-refractivity contribution in [2.75, 3.05) is 31.1 Å². The Labute approximate surface area is 133 Å². The summed E-state index contributed by atoms with van der Waals surface area (Å²) in [5, 5.41) is 0. The van der Waals surface area contributed by atoms with Crippen LogP contribution in [0.25, 0.3) is 11.1 Å². The fourth-order valence-corrected chi connectivity index (χ4v) is 2.43. The summed E-state index contributed by atoms with van der Waals surface area (Å²) in [6.07, 6.45) is -0.309. The zero-order valence-corrected chi connectivity index (χ0v) is 13.5. The molecule has 6 nitrogen and oxygen atoms in total. The lowest BCUT2D eigenvalue weighted by atomic mass is 10.2. The summed E-state index contributed by atoms with van der Waals surface area (Å²) in [6, 6.07) is 4.72. The first-order chi connectivity index (χ1) is 10.8. The number of hydrogen-bond donors (Lipinski definition) is 0. The summed E-state index contributed by atoms with van der Waals surface area (Å²) in [4.78, 5) is 20.0. The molecule has 1 aromatic carbocycles. The number of fused-ring (bicyclic) bond motifs is 1. The van der Waals surface area contributed by atoms with Crippen LogP contribution in [-0.2, 0) is 4.74 Å². The molecule has 0 bridgehead atoms. The highest BCUT2D eigenvalue weighted by atomic mass is 19.1. The van der Waals surface area contributed by atoms with Gasteiger partial charge in [-0.2, -0.15) is 4.98 Å². The van der Waals surface area contributed by atoms with Crippen molar-refractivity contribution in [1.82, 2.24) is 9.88 Å². The second-order valence-electron chi connectivity index (χ2n) is 6.56. The Morgan fingerprint density at radius 1 is 1.26 bits per heavy atom. The number of carbonyl (C=O) groups is 1. The first-order valence-corrected chi connectivity index (χ1v) is 7.61. The number of anilines is 1. The summed E-state index contributed by atoms with van der Waals surface area (Å²) < 4.78 is 24.2. The van der Waals surface area contributed by atoms with Gasteiger partial charge in [0.15, 0.2) is 5.58 Å². The Morgan fingerprint density at radius 2 is 1.96 bits per heavy atom. The van der Waals surface area contributed by atoms with Crippen LogP contribution in [0.4, 0.5) is 15.2 Å². The van der Waals surface area contributed by atoms with Gasteiger partial charge in [0.25, 0.3) is 6.01 Å². The standard InChI is InChI=1S/C16H20FN3O3/c1-16(2,3)23-15(21)20-8-6-19(7-9-20)14-18-12-5-4-11(17)10-13(12)22-14/h4-5,10H,6-9H2,1-3H3. The van der Waals surface area contributed by atoms with Gasteiger partial charge in [-0.15, -0.1) is 0 Å². The third kappa shape index (κ3) is 3.55. The molecule has 1 saturated heterocycles. The van der Waals surface area contributed by atoms with E-state index in [0.717, 1.165) is 0 Å². The van der Waals surface area contributed by atoms with E-state index in [1.165, 1.54) is 12.1 Å². The number of halogens is 1. The quantitative estimate of drug-likeness (QED) is 0.808. The number of hydrogen-bond acceptors (Lipinski definition) is 5. The maximum absolute atomic E-state index is 13.2. The largest absolute Gasteiger partial charge is 0.444 e. The van der Waals surface area contributed by atoms with Crippen molar-refractivity contribution >= 4 is 23.2 Å². The van der Waals surface area contributed by atoms with Gasteiger partial charge in [-0.3, -0.25) is 0 Å². The molecule has 124 valence electrons. The average Bonchev–Trinajstić information content (AvgIpc) is 2.88. The van der Waals surface area contributed by atoms with E-state index in [1.54, 1.807) is 11.0 Å². The molecule has 2 aromatic rings. The lowest BCUT2D eigenvalue weighted by Gasteiger charge is -2.34. The van der Waals surface area contributed by atoms with Crippen LogP contribution in [0.5, 0.6) is 0 Å². The van der Waals surface area contributed by atoms with Crippen LogP contribution in [0.2, 0.25) is 0 Å². The second-order valence-corrected chi connectivity index (χ2v) is 6.56. The van der Waals surface area contributed by atoms with Gasteiger partial charge >= 0.3 is 6.09 Å². The molecule has 3 rings (SSSR count). The third-order valence-corrected chi connectivity index (χ3v) is 3.54. The summed E-state index contributed by atoms with van der Waals surface area (Å²) in [5.74, 6) is -0.352. The molecule has 2 heterocycles. The van der Waals surface area contributed by atoms with Crippen LogP contribution >= 0.6 is 0 Å². The van der Waals surface area contributed by atoms with E-state index < -0.39 is 5.60 Å². The van der Waals surface area contributed by atoms with E-state index in [4.69, 9.17) is 9.15 Å². The molecule has 1 fully saturated rings. The molecule has 0 aliphatic carbocycles. The summed E-state index contributed by atoms with van der Waals surface area (Å²) in [7, 11) is 0. The normalized spacial score (nSPS) is 16.0. The van der Waals surface area contributed by atoms with E-state index in [0.29, 0.717) is 43.3 Å². The van der Waals surface area contributed by atoms with Crippen molar-refractivity contribution in [2.24, 2.45) is 0 Å². The predicted octanol–water partition coefficient (Wildman–Crippen LogP) is 3.02. The number of piperazine rings is 1. The van der Waals surface area contributed by atoms with Crippen LogP contribution in [0.3, 0.4) is 0 Å². The Kier molecular flexibility index (Phi) is 3.87. The number of benzene rings is 1. The molecule has 0 radical (unpaired) electrons. The van der Waals surface area contributed by atoms with Gasteiger partial charge in [-0.1, -0.05) is 0 Å². The van der Waals surface area contributed by atoms with Gasteiger partial charge in [-0.05, 0) is 32.9 Å². The Morgan fingerprint density at radius 3 is 2.61 bits per heavy atom. The predicted molar refractivity (Wildman–Crippen MR) is 84.0 cm³/mol. The van der Waals surface area contributed by atoms with Crippen LogP contribution in [0.15, 0.2) is 22.6 Å². The van der Waals surface area contributed by atoms with Crippen LogP contribution in [0.1, 0.15) is 20.8 Å². The maximum atomic E-state index is 13.2. The number of carbonyl (C=O) groups excluding carboxylic acids is 1. The molecule has 1 aliphatic rings. The zero-order chi connectivity index (χ0) is 16.6. The van der Waals surface area contributed by atoms with E-state index in [2.05, 4.69) is 4.98 Å². The number of nitrogens with zero attached hydrogens (tertiary/aromatic N) is 3. The number of aromatic nitrogens is 1. The minimum atomic E-state index is -0.501. The first-order valence-electron chi connectivity index (χ1n) is 7.61. The number of oxazole rings is 1. The lowest BCUT2D eigenvalue weighted by molar-refractivity contribution is 0.0239. The topological polar surface area (TPSA) is 58.8 Å². The molecular weight excluding hydrogens is 301 g/mol. The molecule has 1 aromatic heterocycles. The molecule has 0 saturated carbocycles. The molecule has 1 amide bonds. The van der Waals surface area contributed by atoms with Gasteiger partial charge < -0.3 is 19.0 Å².